The van der Waals surface area contributed by atoms with Crippen LogP contribution >= 0.6 is 23.1 Å². The molecule has 1 unspecified atom stereocenters. The Hall–Kier alpha value is -2.39. The van der Waals surface area contributed by atoms with E-state index in [1.165, 1.54) is 23.1 Å². The van der Waals surface area contributed by atoms with E-state index in [1.54, 1.807) is 23.3 Å². The number of rotatable bonds is 6. The smallest absolute Gasteiger partial charge is 0.311 e. The van der Waals surface area contributed by atoms with Gasteiger partial charge in [-0.2, -0.15) is 0 Å². The largest absolute Gasteiger partial charge is 0.466 e. The number of aromatic nitrogens is 1. The second-order valence-corrected chi connectivity index (χ2v) is 8.34. The van der Waals surface area contributed by atoms with Gasteiger partial charge in [0.15, 0.2) is 4.34 Å². The maximum atomic E-state index is 12.9. The van der Waals surface area contributed by atoms with E-state index in [0.29, 0.717) is 23.7 Å². The molecule has 0 fully saturated rings. The Morgan fingerprint density at radius 2 is 2.18 bits per heavy atom. The standard InChI is InChI=1S/C19H21N3O4S2/c1-3-26-18(25)9-13-10-27-19(20-13)28-11-17(24)22-12(2)8-16(23)21-14-6-4-5-7-15(14)22/h4-7,10,12H,3,8-9,11H2,1-2H3,(H,21,23). The molecule has 1 aromatic heterocycles. The lowest BCUT2D eigenvalue weighted by atomic mass is 10.2. The van der Waals surface area contributed by atoms with Crippen molar-refractivity contribution in [3.05, 3.63) is 35.3 Å². The predicted octanol–water partition coefficient (Wildman–Crippen LogP) is 3.10. The molecule has 148 valence electrons. The Kier molecular flexibility index (Phi) is 6.69. The second-order valence-electron chi connectivity index (χ2n) is 6.26. The summed E-state index contributed by atoms with van der Waals surface area (Å²) in [6, 6.07) is 7.06. The van der Waals surface area contributed by atoms with Crippen molar-refractivity contribution in [3.8, 4) is 0 Å². The quantitative estimate of drug-likeness (QED) is 0.572. The lowest BCUT2D eigenvalue weighted by Crippen LogP contribution is -2.40. The number of hydrogen-bond donors (Lipinski definition) is 1. The summed E-state index contributed by atoms with van der Waals surface area (Å²) >= 11 is 2.72. The molecule has 2 heterocycles. The Morgan fingerprint density at radius 3 is 2.96 bits per heavy atom. The van der Waals surface area contributed by atoms with Gasteiger partial charge in [0.1, 0.15) is 0 Å². The number of benzene rings is 1. The van der Waals surface area contributed by atoms with Crippen LogP contribution in [0.5, 0.6) is 0 Å². The third-order valence-electron chi connectivity index (χ3n) is 4.11. The molecular formula is C19H21N3O4S2. The van der Waals surface area contributed by atoms with Gasteiger partial charge in [-0.3, -0.25) is 14.4 Å². The maximum absolute atomic E-state index is 12.9. The van der Waals surface area contributed by atoms with Crippen LogP contribution in [0.2, 0.25) is 0 Å². The number of ether oxygens (including phenoxy) is 1. The number of hydrogen-bond acceptors (Lipinski definition) is 7. The predicted molar refractivity (Wildman–Crippen MR) is 110 cm³/mol. The van der Waals surface area contributed by atoms with E-state index < -0.39 is 0 Å². The Balaban J connectivity index is 1.67. The summed E-state index contributed by atoms with van der Waals surface area (Å²) in [6.07, 6.45) is 0.370. The van der Waals surface area contributed by atoms with Crippen molar-refractivity contribution >= 4 is 52.3 Å². The second kappa shape index (κ2) is 9.20. The molecule has 1 aliphatic heterocycles. The van der Waals surface area contributed by atoms with Crippen LogP contribution < -0.4 is 10.2 Å². The van der Waals surface area contributed by atoms with Gasteiger partial charge in [-0.15, -0.1) is 11.3 Å². The van der Waals surface area contributed by atoms with Gasteiger partial charge in [0.25, 0.3) is 0 Å². The molecule has 1 atom stereocenters. The molecule has 1 N–H and O–H groups in total. The van der Waals surface area contributed by atoms with E-state index >= 15 is 0 Å². The number of carbonyl (C=O) groups is 3. The van der Waals surface area contributed by atoms with Gasteiger partial charge in [0.05, 0.1) is 35.8 Å². The van der Waals surface area contributed by atoms with Crippen LogP contribution in [0.1, 0.15) is 26.0 Å². The summed E-state index contributed by atoms with van der Waals surface area (Å²) < 4.78 is 5.64. The first kappa shape index (κ1) is 20.3. The minimum absolute atomic E-state index is 0.0939. The third-order valence-corrected chi connectivity index (χ3v) is 6.16. The fourth-order valence-corrected chi connectivity index (χ4v) is 4.66. The number of fused-ring (bicyclic) bond motifs is 1. The van der Waals surface area contributed by atoms with Crippen LogP contribution in [-0.4, -0.2) is 41.2 Å². The van der Waals surface area contributed by atoms with Crippen LogP contribution in [0.4, 0.5) is 11.4 Å². The summed E-state index contributed by atoms with van der Waals surface area (Å²) in [5.41, 5.74) is 1.98. The SMILES string of the molecule is CCOC(=O)Cc1csc(SCC(=O)N2c3ccccc3NC(=O)CC2C)n1. The highest BCUT2D eigenvalue weighted by molar-refractivity contribution is 8.01. The fourth-order valence-electron chi connectivity index (χ4n) is 2.96. The topological polar surface area (TPSA) is 88.6 Å². The molecule has 0 radical (unpaired) electrons. The van der Waals surface area contributed by atoms with E-state index in [4.69, 9.17) is 4.74 Å². The zero-order chi connectivity index (χ0) is 20.1. The molecular weight excluding hydrogens is 398 g/mol. The molecule has 2 aromatic rings. The van der Waals surface area contributed by atoms with Crippen molar-refractivity contribution in [1.82, 2.24) is 4.98 Å². The number of carbonyl (C=O) groups excluding carboxylic acids is 3. The minimum atomic E-state index is -0.312. The lowest BCUT2D eigenvalue weighted by Gasteiger charge is -2.27. The molecule has 3 rings (SSSR count). The van der Waals surface area contributed by atoms with Gasteiger partial charge in [-0.1, -0.05) is 23.9 Å². The zero-order valence-corrected chi connectivity index (χ0v) is 17.3. The highest BCUT2D eigenvalue weighted by Crippen LogP contribution is 2.32. The van der Waals surface area contributed by atoms with Crippen LogP contribution in [0.25, 0.3) is 0 Å². The highest BCUT2D eigenvalue weighted by atomic mass is 32.2. The number of anilines is 2. The van der Waals surface area contributed by atoms with E-state index in [2.05, 4.69) is 10.3 Å². The van der Waals surface area contributed by atoms with Crippen LogP contribution in [0.15, 0.2) is 34.0 Å². The first-order chi connectivity index (χ1) is 13.5. The number of nitrogens with one attached hydrogen (secondary N) is 1. The number of thioether (sulfide) groups is 1. The average molecular weight is 420 g/mol. The van der Waals surface area contributed by atoms with Crippen molar-refractivity contribution in [1.29, 1.82) is 0 Å². The minimum Gasteiger partial charge on any atom is -0.466 e. The van der Waals surface area contributed by atoms with Gasteiger partial charge >= 0.3 is 5.97 Å². The summed E-state index contributed by atoms with van der Waals surface area (Å²) in [5, 5.41) is 4.65. The van der Waals surface area contributed by atoms with E-state index in [-0.39, 0.29) is 42.4 Å². The van der Waals surface area contributed by atoms with Crippen molar-refractivity contribution in [2.45, 2.75) is 37.1 Å². The molecule has 1 aliphatic rings. The Bertz CT molecular complexity index is 884. The van der Waals surface area contributed by atoms with Gasteiger partial charge in [-0.25, -0.2) is 4.98 Å². The third kappa shape index (κ3) is 4.90. The molecule has 0 saturated carbocycles. The molecule has 0 spiro atoms. The van der Waals surface area contributed by atoms with E-state index in [0.717, 1.165) is 4.34 Å². The molecule has 7 nitrogen and oxygen atoms in total. The number of para-hydroxylation sites is 2. The number of amides is 2. The monoisotopic (exact) mass is 419 g/mol. The van der Waals surface area contributed by atoms with Crippen molar-refractivity contribution in [2.75, 3.05) is 22.6 Å². The lowest BCUT2D eigenvalue weighted by molar-refractivity contribution is -0.142. The maximum Gasteiger partial charge on any atom is 0.311 e. The van der Waals surface area contributed by atoms with Crippen LogP contribution in [-0.2, 0) is 25.5 Å². The Morgan fingerprint density at radius 1 is 1.39 bits per heavy atom. The van der Waals surface area contributed by atoms with Gasteiger partial charge in [0.2, 0.25) is 11.8 Å². The molecule has 2 amide bonds. The fraction of sp³-hybridized carbons (Fsp3) is 0.368. The van der Waals surface area contributed by atoms with Gasteiger partial charge in [-0.05, 0) is 26.0 Å². The van der Waals surface area contributed by atoms with E-state index in [9.17, 15) is 14.4 Å². The molecule has 0 saturated heterocycles. The summed E-state index contributed by atoms with van der Waals surface area (Å²) in [7, 11) is 0. The molecule has 0 bridgehead atoms. The highest BCUT2D eigenvalue weighted by Gasteiger charge is 2.29. The van der Waals surface area contributed by atoms with Crippen LogP contribution in [0, 0.1) is 0 Å². The van der Waals surface area contributed by atoms with Crippen LogP contribution in [0.3, 0.4) is 0 Å². The summed E-state index contributed by atoms with van der Waals surface area (Å²) in [6.45, 7) is 3.97. The molecule has 28 heavy (non-hydrogen) atoms. The molecule has 1 aromatic carbocycles. The number of thiazole rings is 1. The van der Waals surface area contributed by atoms with E-state index in [1.807, 2.05) is 25.1 Å². The zero-order valence-electron chi connectivity index (χ0n) is 15.6. The molecule has 9 heteroatoms. The first-order valence-electron chi connectivity index (χ1n) is 8.91. The number of nitrogens with zero attached hydrogens (tertiary/aromatic N) is 2. The summed E-state index contributed by atoms with van der Waals surface area (Å²) in [5.74, 6) is -0.318. The Labute approximate surface area is 171 Å². The summed E-state index contributed by atoms with van der Waals surface area (Å²) in [4.78, 5) is 42.6. The van der Waals surface area contributed by atoms with Crippen molar-refractivity contribution in [2.24, 2.45) is 0 Å². The van der Waals surface area contributed by atoms with Gasteiger partial charge < -0.3 is 15.0 Å². The average Bonchev–Trinajstić information content (AvgIpc) is 3.03. The van der Waals surface area contributed by atoms with Crippen molar-refractivity contribution in [3.63, 3.8) is 0 Å². The first-order valence-corrected chi connectivity index (χ1v) is 10.8. The normalized spacial score (nSPS) is 16.1. The van der Waals surface area contributed by atoms with Gasteiger partial charge in [0, 0.05) is 17.8 Å². The molecule has 0 aliphatic carbocycles. The van der Waals surface area contributed by atoms with Crippen molar-refractivity contribution < 1.29 is 19.1 Å². The number of esters is 1.